The Morgan fingerprint density at radius 3 is 2.12 bits per heavy atom. The molecule has 4 nitrogen and oxygen atoms in total. The SMILES string of the molecule is Cc1cc(C)c(C)c(N(C)c2nnns2)c1C. The summed E-state index contributed by atoms with van der Waals surface area (Å²) >= 11 is 1.31. The molecule has 90 valence electrons. The Morgan fingerprint density at radius 1 is 1.06 bits per heavy atom. The van der Waals surface area contributed by atoms with E-state index >= 15 is 0 Å². The third-order valence-electron chi connectivity index (χ3n) is 3.24. The van der Waals surface area contributed by atoms with Gasteiger partial charge in [0.15, 0.2) is 0 Å². The molecule has 1 aromatic heterocycles. The Balaban J connectivity index is 2.59. The summed E-state index contributed by atoms with van der Waals surface area (Å²) in [5.74, 6) is 0. The van der Waals surface area contributed by atoms with Crippen molar-refractivity contribution in [3.63, 3.8) is 0 Å². The zero-order valence-electron chi connectivity index (χ0n) is 10.8. The Hall–Kier alpha value is -1.49. The van der Waals surface area contributed by atoms with Gasteiger partial charge >= 0.3 is 0 Å². The molecule has 2 aromatic rings. The van der Waals surface area contributed by atoms with Crippen LogP contribution < -0.4 is 4.90 Å². The highest BCUT2D eigenvalue weighted by atomic mass is 32.1. The van der Waals surface area contributed by atoms with Gasteiger partial charge < -0.3 is 4.90 Å². The third-order valence-corrected chi connectivity index (χ3v) is 3.91. The van der Waals surface area contributed by atoms with Crippen molar-refractivity contribution in [2.75, 3.05) is 11.9 Å². The van der Waals surface area contributed by atoms with Gasteiger partial charge in [0.25, 0.3) is 0 Å². The largest absolute Gasteiger partial charge is 0.318 e. The van der Waals surface area contributed by atoms with E-state index in [4.69, 9.17) is 0 Å². The van der Waals surface area contributed by atoms with Crippen molar-refractivity contribution >= 4 is 22.4 Å². The molecular weight excluding hydrogens is 232 g/mol. The molecule has 2 rings (SSSR count). The van der Waals surface area contributed by atoms with Crippen molar-refractivity contribution in [1.29, 1.82) is 0 Å². The van der Waals surface area contributed by atoms with Crippen molar-refractivity contribution < 1.29 is 0 Å². The number of hydrogen-bond donors (Lipinski definition) is 0. The summed E-state index contributed by atoms with van der Waals surface area (Å²) in [6.45, 7) is 8.55. The topological polar surface area (TPSA) is 41.9 Å². The van der Waals surface area contributed by atoms with Gasteiger partial charge in [0.2, 0.25) is 5.13 Å². The highest BCUT2D eigenvalue weighted by Gasteiger charge is 2.16. The number of rotatable bonds is 2. The maximum atomic E-state index is 4.02. The first-order valence-electron chi connectivity index (χ1n) is 5.48. The molecule has 1 heterocycles. The number of benzene rings is 1. The zero-order chi connectivity index (χ0) is 12.6. The lowest BCUT2D eigenvalue weighted by Gasteiger charge is -2.22. The maximum absolute atomic E-state index is 4.02. The van der Waals surface area contributed by atoms with Crippen molar-refractivity contribution in [2.24, 2.45) is 0 Å². The van der Waals surface area contributed by atoms with E-state index in [1.54, 1.807) is 0 Å². The monoisotopic (exact) mass is 248 g/mol. The fraction of sp³-hybridized carbons (Fsp3) is 0.417. The molecule has 0 N–H and O–H groups in total. The normalized spacial score (nSPS) is 10.6. The molecule has 1 aromatic carbocycles. The number of aryl methyl sites for hydroxylation is 2. The summed E-state index contributed by atoms with van der Waals surface area (Å²) < 4.78 is 3.81. The van der Waals surface area contributed by atoms with Gasteiger partial charge in [-0.05, 0) is 55.2 Å². The molecule has 0 saturated carbocycles. The molecule has 0 atom stereocenters. The van der Waals surface area contributed by atoms with Gasteiger partial charge in [-0.25, -0.2) is 0 Å². The van der Waals surface area contributed by atoms with Crippen LogP contribution in [0.1, 0.15) is 22.3 Å². The van der Waals surface area contributed by atoms with Crippen LogP contribution in [0.4, 0.5) is 10.8 Å². The van der Waals surface area contributed by atoms with E-state index in [1.807, 2.05) is 7.05 Å². The Labute approximate surface area is 105 Å². The fourth-order valence-electron chi connectivity index (χ4n) is 2.05. The van der Waals surface area contributed by atoms with E-state index in [1.165, 1.54) is 39.5 Å². The van der Waals surface area contributed by atoms with Crippen LogP contribution in [-0.4, -0.2) is 21.8 Å². The van der Waals surface area contributed by atoms with Gasteiger partial charge in [-0.2, -0.15) is 0 Å². The van der Waals surface area contributed by atoms with E-state index in [0.717, 1.165) is 5.13 Å². The first-order chi connectivity index (χ1) is 8.02. The van der Waals surface area contributed by atoms with Crippen LogP contribution in [0.3, 0.4) is 0 Å². The summed E-state index contributed by atoms with van der Waals surface area (Å²) in [5.41, 5.74) is 6.37. The van der Waals surface area contributed by atoms with Gasteiger partial charge in [0.1, 0.15) is 0 Å². The molecule has 0 amide bonds. The average Bonchev–Trinajstić information content (AvgIpc) is 2.80. The summed E-state index contributed by atoms with van der Waals surface area (Å²) in [5, 5.41) is 8.49. The van der Waals surface area contributed by atoms with Crippen LogP contribution in [0.5, 0.6) is 0 Å². The quantitative estimate of drug-likeness (QED) is 0.819. The molecule has 0 aliphatic heterocycles. The standard InChI is InChI=1S/C12H16N4S/c1-7-6-8(2)10(4)11(9(7)3)16(5)12-13-14-15-17-12/h6H,1-5H3. The Morgan fingerprint density at radius 2 is 1.65 bits per heavy atom. The van der Waals surface area contributed by atoms with Gasteiger partial charge in [0.05, 0.1) is 0 Å². The second-order valence-corrected chi connectivity index (χ2v) is 5.02. The Bertz CT molecular complexity index is 508. The number of nitrogens with zero attached hydrogens (tertiary/aromatic N) is 4. The molecule has 0 spiro atoms. The molecule has 0 radical (unpaired) electrons. The van der Waals surface area contributed by atoms with Crippen LogP contribution >= 0.6 is 11.5 Å². The molecule has 0 saturated heterocycles. The minimum atomic E-state index is 0.821. The maximum Gasteiger partial charge on any atom is 0.232 e. The molecule has 0 unspecified atom stereocenters. The lowest BCUT2D eigenvalue weighted by Crippen LogP contribution is -2.13. The van der Waals surface area contributed by atoms with E-state index in [2.05, 4.69) is 53.5 Å². The zero-order valence-corrected chi connectivity index (χ0v) is 11.6. The number of hydrogen-bond acceptors (Lipinski definition) is 5. The third kappa shape index (κ3) is 2.02. The lowest BCUT2D eigenvalue weighted by atomic mass is 9.98. The fourth-order valence-corrected chi connectivity index (χ4v) is 2.49. The number of anilines is 2. The van der Waals surface area contributed by atoms with Crippen molar-refractivity contribution in [2.45, 2.75) is 27.7 Å². The summed E-state index contributed by atoms with van der Waals surface area (Å²) in [7, 11) is 2.01. The lowest BCUT2D eigenvalue weighted by molar-refractivity contribution is 0.941. The van der Waals surface area contributed by atoms with Crippen LogP contribution in [-0.2, 0) is 0 Å². The predicted octanol–water partition coefficient (Wildman–Crippen LogP) is 2.93. The number of aromatic nitrogens is 3. The van der Waals surface area contributed by atoms with E-state index in [9.17, 15) is 0 Å². The van der Waals surface area contributed by atoms with Crippen molar-refractivity contribution in [3.05, 3.63) is 28.3 Å². The summed E-state index contributed by atoms with van der Waals surface area (Å²) in [4.78, 5) is 2.06. The molecule has 0 fully saturated rings. The first-order valence-corrected chi connectivity index (χ1v) is 6.26. The second-order valence-electron chi connectivity index (χ2n) is 4.31. The van der Waals surface area contributed by atoms with Crippen molar-refractivity contribution in [1.82, 2.24) is 14.8 Å². The van der Waals surface area contributed by atoms with Gasteiger partial charge in [-0.1, -0.05) is 15.7 Å². The average molecular weight is 248 g/mol. The van der Waals surface area contributed by atoms with Gasteiger partial charge in [0, 0.05) is 24.3 Å². The van der Waals surface area contributed by atoms with E-state index in [-0.39, 0.29) is 0 Å². The van der Waals surface area contributed by atoms with Crippen LogP contribution in [0, 0.1) is 27.7 Å². The first kappa shape index (κ1) is 12.0. The molecule has 17 heavy (non-hydrogen) atoms. The molecule has 0 bridgehead atoms. The minimum Gasteiger partial charge on any atom is -0.318 e. The van der Waals surface area contributed by atoms with E-state index < -0.39 is 0 Å². The highest BCUT2D eigenvalue weighted by Crippen LogP contribution is 2.33. The van der Waals surface area contributed by atoms with Crippen molar-refractivity contribution in [3.8, 4) is 0 Å². The molecule has 0 aliphatic rings. The second kappa shape index (κ2) is 4.41. The van der Waals surface area contributed by atoms with Crippen LogP contribution in [0.25, 0.3) is 0 Å². The molecule has 0 aliphatic carbocycles. The predicted molar refractivity (Wildman–Crippen MR) is 71.2 cm³/mol. The summed E-state index contributed by atoms with van der Waals surface area (Å²) in [6, 6.07) is 2.22. The smallest absolute Gasteiger partial charge is 0.232 e. The van der Waals surface area contributed by atoms with Gasteiger partial charge in [-0.15, -0.1) is 0 Å². The summed E-state index contributed by atoms with van der Waals surface area (Å²) in [6.07, 6.45) is 0. The molecule has 5 heteroatoms. The van der Waals surface area contributed by atoms with Crippen LogP contribution in [0.2, 0.25) is 0 Å². The highest BCUT2D eigenvalue weighted by molar-refractivity contribution is 7.09. The Kier molecular flexibility index (Phi) is 3.11. The van der Waals surface area contributed by atoms with Crippen LogP contribution in [0.15, 0.2) is 6.07 Å². The minimum absolute atomic E-state index is 0.821. The van der Waals surface area contributed by atoms with Gasteiger partial charge in [-0.3, -0.25) is 0 Å². The van der Waals surface area contributed by atoms with E-state index in [0.29, 0.717) is 0 Å². The molecular formula is C12H16N4S.